The van der Waals surface area contributed by atoms with E-state index >= 15 is 0 Å². The van der Waals surface area contributed by atoms with Gasteiger partial charge < -0.3 is 16.2 Å². The van der Waals surface area contributed by atoms with Crippen molar-refractivity contribution in [3.63, 3.8) is 0 Å². The number of rotatable bonds is 5. The highest BCUT2D eigenvalue weighted by atomic mass is 16.4. The Bertz CT molecular complexity index is 470. The maximum atomic E-state index is 11.3. The van der Waals surface area contributed by atoms with Gasteiger partial charge in [-0.25, -0.2) is 9.78 Å². The van der Waals surface area contributed by atoms with Crippen molar-refractivity contribution in [2.24, 2.45) is 5.92 Å². The van der Waals surface area contributed by atoms with Gasteiger partial charge in [0.1, 0.15) is 11.4 Å². The van der Waals surface area contributed by atoms with Gasteiger partial charge in [-0.2, -0.15) is 0 Å². The third-order valence-electron chi connectivity index (χ3n) is 4.12. The molecule has 0 aromatic carbocycles. The predicted molar refractivity (Wildman–Crippen MR) is 79.9 cm³/mol. The van der Waals surface area contributed by atoms with Crippen LogP contribution in [0.5, 0.6) is 0 Å². The molecule has 1 saturated carbocycles. The van der Waals surface area contributed by atoms with E-state index in [1.54, 1.807) is 0 Å². The van der Waals surface area contributed by atoms with E-state index in [0.717, 1.165) is 6.42 Å². The van der Waals surface area contributed by atoms with E-state index in [-0.39, 0.29) is 11.6 Å². The van der Waals surface area contributed by atoms with Gasteiger partial charge in [0.05, 0.1) is 11.9 Å². The Hall–Kier alpha value is -1.78. The number of nitrogens with one attached hydrogen (secondary N) is 1. The molecule has 1 aliphatic carbocycles. The van der Waals surface area contributed by atoms with E-state index in [4.69, 9.17) is 5.73 Å². The van der Waals surface area contributed by atoms with Gasteiger partial charge in [0.15, 0.2) is 0 Å². The van der Waals surface area contributed by atoms with Gasteiger partial charge in [-0.05, 0) is 31.2 Å². The molecule has 4 N–H and O–H groups in total. The van der Waals surface area contributed by atoms with Crippen LogP contribution in [0.1, 0.15) is 55.8 Å². The standard InChI is InChI=1S/C15H23N3O2/c1-2-13(10-6-4-3-5-7-10)18-14-12(15(19)20)8-11(16)9-17-14/h8-10,13H,2-7,16H2,1H3,(H,17,18)(H,19,20). The Morgan fingerprint density at radius 2 is 2.20 bits per heavy atom. The number of aromatic nitrogens is 1. The molecular formula is C15H23N3O2. The molecule has 1 atom stereocenters. The molecule has 0 radical (unpaired) electrons. The maximum Gasteiger partial charge on any atom is 0.339 e. The molecule has 2 rings (SSSR count). The molecule has 1 aliphatic rings. The second-order valence-electron chi connectivity index (χ2n) is 5.53. The number of carboxylic acid groups (broad SMARTS) is 1. The van der Waals surface area contributed by atoms with Crippen LogP contribution in [0.2, 0.25) is 0 Å². The van der Waals surface area contributed by atoms with E-state index in [1.165, 1.54) is 44.4 Å². The van der Waals surface area contributed by atoms with E-state index in [9.17, 15) is 9.90 Å². The zero-order chi connectivity index (χ0) is 14.5. The van der Waals surface area contributed by atoms with E-state index in [1.807, 2.05) is 0 Å². The zero-order valence-electron chi connectivity index (χ0n) is 11.9. The second kappa shape index (κ2) is 6.59. The van der Waals surface area contributed by atoms with Crippen LogP contribution in [0, 0.1) is 5.92 Å². The van der Waals surface area contributed by atoms with Crippen LogP contribution in [0.15, 0.2) is 12.3 Å². The predicted octanol–water partition coefficient (Wildman–Crippen LogP) is 3.13. The average Bonchev–Trinajstić information content (AvgIpc) is 2.46. The number of hydrogen-bond acceptors (Lipinski definition) is 4. The van der Waals surface area contributed by atoms with Crippen LogP contribution < -0.4 is 11.1 Å². The quantitative estimate of drug-likeness (QED) is 0.769. The SMILES string of the molecule is CCC(Nc1ncc(N)cc1C(=O)O)C1CCCCC1. The van der Waals surface area contributed by atoms with E-state index < -0.39 is 5.97 Å². The van der Waals surface area contributed by atoms with Crippen LogP contribution in [-0.2, 0) is 0 Å². The van der Waals surface area contributed by atoms with Crippen LogP contribution in [0.25, 0.3) is 0 Å². The third kappa shape index (κ3) is 3.40. The number of nitrogen functional groups attached to an aromatic ring is 1. The third-order valence-corrected chi connectivity index (χ3v) is 4.12. The largest absolute Gasteiger partial charge is 0.478 e. The summed E-state index contributed by atoms with van der Waals surface area (Å²) in [6.45, 7) is 2.13. The van der Waals surface area contributed by atoms with Gasteiger partial charge in [-0.15, -0.1) is 0 Å². The lowest BCUT2D eigenvalue weighted by Crippen LogP contribution is -2.31. The number of pyridine rings is 1. The van der Waals surface area contributed by atoms with Crippen LogP contribution in [-0.4, -0.2) is 22.1 Å². The fourth-order valence-corrected chi connectivity index (χ4v) is 3.02. The summed E-state index contributed by atoms with van der Waals surface area (Å²) in [5.74, 6) is 0.0460. The Labute approximate surface area is 119 Å². The lowest BCUT2D eigenvalue weighted by molar-refractivity contribution is 0.0697. The molecule has 0 amide bonds. The van der Waals surface area contributed by atoms with E-state index in [2.05, 4.69) is 17.2 Å². The molecule has 110 valence electrons. The van der Waals surface area contributed by atoms with Crippen LogP contribution >= 0.6 is 0 Å². The molecule has 0 bridgehead atoms. The van der Waals surface area contributed by atoms with Gasteiger partial charge in [0.2, 0.25) is 0 Å². The molecular weight excluding hydrogens is 254 g/mol. The van der Waals surface area contributed by atoms with Crippen molar-refractivity contribution in [1.29, 1.82) is 0 Å². The molecule has 1 aromatic rings. The summed E-state index contributed by atoms with van der Waals surface area (Å²) in [6, 6.07) is 1.75. The number of aromatic carboxylic acids is 1. The first-order chi connectivity index (χ1) is 9.61. The van der Waals surface area contributed by atoms with Crippen molar-refractivity contribution in [1.82, 2.24) is 4.98 Å². The smallest absolute Gasteiger partial charge is 0.339 e. The fourth-order valence-electron chi connectivity index (χ4n) is 3.02. The summed E-state index contributed by atoms with van der Waals surface area (Å²) >= 11 is 0. The molecule has 0 saturated heterocycles. The summed E-state index contributed by atoms with van der Waals surface area (Å²) in [7, 11) is 0. The molecule has 1 aromatic heterocycles. The summed E-state index contributed by atoms with van der Waals surface area (Å²) in [4.78, 5) is 15.4. The molecule has 5 nitrogen and oxygen atoms in total. The molecule has 20 heavy (non-hydrogen) atoms. The maximum absolute atomic E-state index is 11.3. The zero-order valence-corrected chi connectivity index (χ0v) is 11.9. The Kier molecular flexibility index (Phi) is 4.82. The summed E-state index contributed by atoms with van der Waals surface area (Å²) in [5.41, 5.74) is 6.14. The lowest BCUT2D eigenvalue weighted by Gasteiger charge is -2.31. The molecule has 0 spiro atoms. The highest BCUT2D eigenvalue weighted by Crippen LogP contribution is 2.30. The number of carbonyl (C=O) groups is 1. The highest BCUT2D eigenvalue weighted by molar-refractivity contribution is 5.94. The lowest BCUT2D eigenvalue weighted by atomic mass is 9.83. The van der Waals surface area contributed by atoms with Crippen molar-refractivity contribution < 1.29 is 9.90 Å². The normalized spacial score (nSPS) is 17.6. The Morgan fingerprint density at radius 1 is 1.50 bits per heavy atom. The molecule has 1 fully saturated rings. The summed E-state index contributed by atoms with van der Waals surface area (Å²) < 4.78 is 0. The second-order valence-corrected chi connectivity index (χ2v) is 5.53. The molecule has 1 unspecified atom stereocenters. The van der Waals surface area contributed by atoms with Gasteiger partial charge in [0.25, 0.3) is 0 Å². The highest BCUT2D eigenvalue weighted by Gasteiger charge is 2.24. The number of anilines is 2. The minimum atomic E-state index is -0.995. The number of nitrogens with zero attached hydrogens (tertiary/aromatic N) is 1. The topological polar surface area (TPSA) is 88.2 Å². The average molecular weight is 277 g/mol. The molecule has 5 heteroatoms. The van der Waals surface area contributed by atoms with Gasteiger partial charge in [-0.3, -0.25) is 0 Å². The first-order valence-electron chi connectivity index (χ1n) is 7.37. The van der Waals surface area contributed by atoms with Crippen LogP contribution in [0.4, 0.5) is 11.5 Å². The monoisotopic (exact) mass is 277 g/mol. The number of hydrogen-bond donors (Lipinski definition) is 3. The van der Waals surface area contributed by atoms with Crippen molar-refractivity contribution in [3.8, 4) is 0 Å². The fraction of sp³-hybridized carbons (Fsp3) is 0.600. The summed E-state index contributed by atoms with van der Waals surface area (Å²) in [6.07, 6.45) is 8.74. The van der Waals surface area contributed by atoms with Gasteiger partial charge in [0, 0.05) is 6.04 Å². The number of nitrogens with two attached hydrogens (primary N) is 1. The number of carboxylic acids is 1. The van der Waals surface area contributed by atoms with Crippen molar-refractivity contribution in [3.05, 3.63) is 17.8 Å². The minimum Gasteiger partial charge on any atom is -0.478 e. The van der Waals surface area contributed by atoms with E-state index in [0.29, 0.717) is 17.4 Å². The minimum absolute atomic E-state index is 0.152. The molecule has 0 aliphatic heterocycles. The van der Waals surface area contributed by atoms with Crippen molar-refractivity contribution >= 4 is 17.5 Å². The molecule has 1 heterocycles. The van der Waals surface area contributed by atoms with Crippen molar-refractivity contribution in [2.45, 2.75) is 51.5 Å². The Morgan fingerprint density at radius 3 is 2.80 bits per heavy atom. The van der Waals surface area contributed by atoms with Crippen LogP contribution in [0.3, 0.4) is 0 Å². The van der Waals surface area contributed by atoms with Crippen molar-refractivity contribution in [2.75, 3.05) is 11.1 Å². The first-order valence-corrected chi connectivity index (χ1v) is 7.37. The van der Waals surface area contributed by atoms with Gasteiger partial charge >= 0.3 is 5.97 Å². The van der Waals surface area contributed by atoms with Gasteiger partial charge in [-0.1, -0.05) is 26.2 Å². The first kappa shape index (κ1) is 14.6. The summed E-state index contributed by atoms with van der Waals surface area (Å²) in [5, 5.41) is 12.6. The Balaban J connectivity index is 2.16.